The number of halogens is 2. The van der Waals surface area contributed by atoms with E-state index in [2.05, 4.69) is 10.2 Å². The van der Waals surface area contributed by atoms with Crippen LogP contribution in [0, 0.1) is 40.7 Å². The minimum atomic E-state index is -1.12. The Morgan fingerprint density at radius 2 is 1.94 bits per heavy atom. The third-order valence-electron chi connectivity index (χ3n) is 6.25. The molecule has 2 fully saturated rings. The Morgan fingerprint density at radius 3 is 2.56 bits per heavy atom. The molecular formula is C24H25F2N3O3. The first-order chi connectivity index (χ1) is 15.4. The monoisotopic (exact) mass is 441 g/mol. The summed E-state index contributed by atoms with van der Waals surface area (Å²) in [6.45, 7) is 3.53. The third-order valence-corrected chi connectivity index (χ3v) is 6.25. The summed E-state index contributed by atoms with van der Waals surface area (Å²) in [6.07, 6.45) is 0.170. The van der Waals surface area contributed by atoms with Crippen molar-refractivity contribution in [2.24, 2.45) is 17.8 Å². The molecule has 1 aliphatic carbocycles. The fourth-order valence-electron chi connectivity index (χ4n) is 4.48. The summed E-state index contributed by atoms with van der Waals surface area (Å²) in [7, 11) is 0. The third kappa shape index (κ3) is 5.23. The quantitative estimate of drug-likeness (QED) is 0.552. The van der Waals surface area contributed by atoms with E-state index in [0.29, 0.717) is 48.9 Å². The van der Waals surface area contributed by atoms with Gasteiger partial charge in [0.1, 0.15) is 29.9 Å². The van der Waals surface area contributed by atoms with Gasteiger partial charge in [-0.3, -0.25) is 9.69 Å². The lowest BCUT2D eigenvalue weighted by atomic mass is 10.0. The van der Waals surface area contributed by atoms with Crippen LogP contribution in [0.5, 0.6) is 5.75 Å². The van der Waals surface area contributed by atoms with Gasteiger partial charge in [-0.1, -0.05) is 18.2 Å². The van der Waals surface area contributed by atoms with Crippen LogP contribution in [0.4, 0.5) is 8.78 Å². The summed E-state index contributed by atoms with van der Waals surface area (Å²) >= 11 is 0. The maximum absolute atomic E-state index is 13.8. The molecule has 0 amide bonds. The molecule has 2 unspecified atom stereocenters. The van der Waals surface area contributed by atoms with Crippen LogP contribution in [0.2, 0.25) is 0 Å². The summed E-state index contributed by atoms with van der Waals surface area (Å²) < 4.78 is 32.6. The van der Waals surface area contributed by atoms with Crippen LogP contribution >= 0.6 is 0 Å². The second kappa shape index (κ2) is 9.63. The number of carboxylic acid groups (broad SMARTS) is 1. The molecule has 2 aliphatic rings. The van der Waals surface area contributed by atoms with Gasteiger partial charge in [-0.25, -0.2) is 8.78 Å². The van der Waals surface area contributed by atoms with Crippen LogP contribution in [0.3, 0.4) is 0 Å². The van der Waals surface area contributed by atoms with Crippen molar-refractivity contribution < 1.29 is 23.4 Å². The number of piperidine rings is 1. The molecule has 1 saturated heterocycles. The SMILES string of the molecule is N#CC(Cc1ccc(OCCNC2[C@H]3CN(Cc4ccc(F)cc4F)C[C@@H]23)cc1)C(=O)O. The van der Waals surface area contributed by atoms with E-state index in [-0.39, 0.29) is 6.42 Å². The van der Waals surface area contributed by atoms with Crippen LogP contribution in [0.1, 0.15) is 11.1 Å². The van der Waals surface area contributed by atoms with Crippen molar-refractivity contribution in [3.05, 3.63) is 65.2 Å². The number of fused-ring (bicyclic) bond motifs is 1. The number of benzene rings is 2. The first kappa shape index (κ1) is 22.2. The topological polar surface area (TPSA) is 85.6 Å². The maximum Gasteiger partial charge on any atom is 0.321 e. The molecule has 168 valence electrons. The molecule has 6 nitrogen and oxygen atoms in total. The van der Waals surface area contributed by atoms with E-state index in [1.54, 1.807) is 30.3 Å². The van der Waals surface area contributed by atoms with Gasteiger partial charge in [0, 0.05) is 43.9 Å². The van der Waals surface area contributed by atoms with Gasteiger partial charge in [0.05, 0.1) is 6.07 Å². The molecule has 4 atom stereocenters. The van der Waals surface area contributed by atoms with E-state index >= 15 is 0 Å². The van der Waals surface area contributed by atoms with Crippen molar-refractivity contribution in [2.45, 2.75) is 19.0 Å². The van der Waals surface area contributed by atoms with Gasteiger partial charge in [-0.05, 0) is 42.0 Å². The lowest BCUT2D eigenvalue weighted by Gasteiger charge is -2.20. The predicted octanol–water partition coefficient (Wildman–Crippen LogP) is 2.83. The van der Waals surface area contributed by atoms with Crippen molar-refractivity contribution in [2.75, 3.05) is 26.2 Å². The van der Waals surface area contributed by atoms with Crippen LogP contribution in [-0.4, -0.2) is 48.3 Å². The molecular weight excluding hydrogens is 416 g/mol. The number of hydrogen-bond acceptors (Lipinski definition) is 5. The molecule has 2 aromatic rings. The van der Waals surface area contributed by atoms with Crippen molar-refractivity contribution in [1.82, 2.24) is 10.2 Å². The summed E-state index contributed by atoms with van der Waals surface area (Å²) in [4.78, 5) is 13.2. The average molecular weight is 441 g/mol. The predicted molar refractivity (Wildman–Crippen MR) is 113 cm³/mol. The van der Waals surface area contributed by atoms with Crippen molar-refractivity contribution >= 4 is 5.97 Å². The van der Waals surface area contributed by atoms with Crippen LogP contribution in [0.15, 0.2) is 42.5 Å². The van der Waals surface area contributed by atoms with E-state index in [1.165, 1.54) is 12.1 Å². The average Bonchev–Trinajstić information content (AvgIpc) is 3.22. The Labute approximate surface area is 185 Å². The number of nitrogens with one attached hydrogen (secondary N) is 1. The Bertz CT molecular complexity index is 997. The van der Waals surface area contributed by atoms with Gasteiger partial charge < -0.3 is 15.2 Å². The highest BCUT2D eigenvalue weighted by Gasteiger charge is 2.55. The molecule has 0 radical (unpaired) electrons. The fourth-order valence-corrected chi connectivity index (χ4v) is 4.48. The highest BCUT2D eigenvalue weighted by Crippen LogP contribution is 2.45. The van der Waals surface area contributed by atoms with Gasteiger partial charge in [-0.2, -0.15) is 5.26 Å². The number of carboxylic acids is 1. The number of ether oxygens (including phenoxy) is 1. The Morgan fingerprint density at radius 1 is 1.22 bits per heavy atom. The number of carbonyl (C=O) groups is 1. The standard InChI is InChI=1S/C24H25F2N3O3/c25-18-4-3-16(22(26)10-18)12-29-13-20-21(14-29)23(20)28-7-8-32-19-5-1-15(2-6-19)9-17(11-27)24(30)31/h1-6,10,17,20-21,23,28H,7-9,12-14H2,(H,30,31)/t17?,20-,21+,23?. The molecule has 1 heterocycles. The second-order valence-corrected chi connectivity index (χ2v) is 8.45. The van der Waals surface area contributed by atoms with Gasteiger partial charge in [0.25, 0.3) is 0 Å². The minimum Gasteiger partial charge on any atom is -0.492 e. The summed E-state index contributed by atoms with van der Waals surface area (Å²) in [5.74, 6) is -1.40. The highest BCUT2D eigenvalue weighted by molar-refractivity contribution is 5.73. The number of hydrogen-bond donors (Lipinski definition) is 2. The second-order valence-electron chi connectivity index (χ2n) is 8.45. The maximum atomic E-state index is 13.8. The smallest absolute Gasteiger partial charge is 0.321 e. The molecule has 8 heteroatoms. The van der Waals surface area contributed by atoms with E-state index in [0.717, 1.165) is 24.7 Å². The normalized spacial score (nSPS) is 22.7. The molecule has 2 N–H and O–H groups in total. The van der Waals surface area contributed by atoms with Gasteiger partial charge in [0.2, 0.25) is 0 Å². The zero-order valence-corrected chi connectivity index (χ0v) is 17.5. The molecule has 2 aromatic carbocycles. The Hall–Kier alpha value is -3.02. The van der Waals surface area contributed by atoms with E-state index < -0.39 is 23.5 Å². The van der Waals surface area contributed by atoms with E-state index in [4.69, 9.17) is 15.1 Å². The van der Waals surface area contributed by atoms with Crippen molar-refractivity contribution in [1.29, 1.82) is 5.26 Å². The van der Waals surface area contributed by atoms with E-state index in [1.807, 2.05) is 0 Å². The molecule has 32 heavy (non-hydrogen) atoms. The van der Waals surface area contributed by atoms with Crippen molar-refractivity contribution in [3.63, 3.8) is 0 Å². The first-order valence-corrected chi connectivity index (χ1v) is 10.7. The number of rotatable bonds is 10. The Kier molecular flexibility index (Phi) is 6.68. The Balaban J connectivity index is 1.13. The molecule has 0 bridgehead atoms. The number of aliphatic carboxylic acids is 1. The van der Waals surface area contributed by atoms with Gasteiger partial charge in [0.15, 0.2) is 0 Å². The molecule has 0 spiro atoms. The number of nitriles is 1. The number of likely N-dealkylation sites (tertiary alicyclic amines) is 1. The zero-order valence-electron chi connectivity index (χ0n) is 17.5. The molecule has 4 rings (SSSR count). The van der Waals surface area contributed by atoms with Crippen molar-refractivity contribution in [3.8, 4) is 11.8 Å². The lowest BCUT2D eigenvalue weighted by molar-refractivity contribution is -0.139. The summed E-state index contributed by atoms with van der Waals surface area (Å²) in [5, 5.41) is 21.3. The fraction of sp³-hybridized carbons (Fsp3) is 0.417. The first-order valence-electron chi connectivity index (χ1n) is 10.7. The minimum absolute atomic E-state index is 0.170. The highest BCUT2D eigenvalue weighted by atomic mass is 19.1. The molecule has 1 saturated carbocycles. The summed E-state index contributed by atoms with van der Waals surface area (Å²) in [5.41, 5.74) is 1.31. The van der Waals surface area contributed by atoms with Crippen LogP contribution in [-0.2, 0) is 17.8 Å². The van der Waals surface area contributed by atoms with E-state index in [9.17, 15) is 13.6 Å². The van der Waals surface area contributed by atoms with Crippen LogP contribution < -0.4 is 10.1 Å². The summed E-state index contributed by atoms with van der Waals surface area (Å²) in [6, 6.07) is 13.1. The zero-order chi connectivity index (χ0) is 22.7. The number of nitrogens with zero attached hydrogens (tertiary/aromatic N) is 2. The largest absolute Gasteiger partial charge is 0.492 e. The van der Waals surface area contributed by atoms with Gasteiger partial charge >= 0.3 is 5.97 Å². The lowest BCUT2D eigenvalue weighted by Crippen LogP contribution is -2.33. The molecule has 1 aliphatic heterocycles. The van der Waals surface area contributed by atoms with Crippen LogP contribution in [0.25, 0.3) is 0 Å². The molecule has 0 aromatic heterocycles. The van der Waals surface area contributed by atoms with Gasteiger partial charge in [-0.15, -0.1) is 0 Å².